The van der Waals surface area contributed by atoms with E-state index in [2.05, 4.69) is 20.6 Å². The minimum atomic E-state index is -4.41. The van der Waals surface area contributed by atoms with Crippen LogP contribution in [0.1, 0.15) is 36.0 Å². The number of alkyl halides is 3. The SMILES string of the molecule is CCNC(=NCc1nc(C(F)(F)F)cs1)NCCCCOc1ccc(C)cc1.I. The molecule has 0 aliphatic rings. The average molecular weight is 542 g/mol. The second kappa shape index (κ2) is 12.9. The van der Waals surface area contributed by atoms with Gasteiger partial charge in [-0.25, -0.2) is 9.98 Å². The first kappa shape index (κ1) is 25.5. The van der Waals surface area contributed by atoms with Crippen LogP contribution in [-0.2, 0) is 12.7 Å². The Kier molecular flexibility index (Phi) is 11.3. The standard InChI is InChI=1S/C19H25F3N4OS.HI/c1-3-23-18(25-12-17-26-16(13-28-17)19(20,21)22)24-10-4-5-11-27-15-8-6-14(2)7-9-15;/h6-9,13H,3-5,10-12H2,1-2H3,(H2,23,24,25);1H. The van der Waals surface area contributed by atoms with Crippen LogP contribution in [0.3, 0.4) is 0 Å². The molecule has 1 aromatic heterocycles. The van der Waals surface area contributed by atoms with Gasteiger partial charge in [0.25, 0.3) is 0 Å². The van der Waals surface area contributed by atoms with E-state index in [1.54, 1.807) is 0 Å². The summed E-state index contributed by atoms with van der Waals surface area (Å²) >= 11 is 0.960. The lowest BCUT2D eigenvalue weighted by atomic mass is 10.2. The Hall–Kier alpha value is -1.56. The van der Waals surface area contributed by atoms with Gasteiger partial charge >= 0.3 is 6.18 Å². The predicted octanol–water partition coefficient (Wildman–Crippen LogP) is 5.00. The van der Waals surface area contributed by atoms with Gasteiger partial charge in [0, 0.05) is 18.5 Å². The fourth-order valence-corrected chi connectivity index (χ4v) is 2.98. The number of halogens is 4. The number of aryl methyl sites for hydroxylation is 1. The molecule has 0 aliphatic carbocycles. The van der Waals surface area contributed by atoms with Crippen molar-refractivity contribution in [2.24, 2.45) is 4.99 Å². The summed E-state index contributed by atoms with van der Waals surface area (Å²) in [7, 11) is 0. The Balaban J connectivity index is 0.00000420. The Morgan fingerprint density at radius 1 is 1.17 bits per heavy atom. The van der Waals surface area contributed by atoms with Gasteiger partial charge in [-0.1, -0.05) is 17.7 Å². The number of unbranched alkanes of at least 4 members (excludes halogenated alkanes) is 1. The van der Waals surface area contributed by atoms with Crippen molar-refractivity contribution in [1.82, 2.24) is 15.6 Å². The zero-order chi connectivity index (χ0) is 20.4. The van der Waals surface area contributed by atoms with E-state index < -0.39 is 11.9 Å². The summed E-state index contributed by atoms with van der Waals surface area (Å²) in [5.41, 5.74) is 0.327. The van der Waals surface area contributed by atoms with Crippen molar-refractivity contribution in [3.05, 3.63) is 45.9 Å². The molecule has 10 heteroatoms. The van der Waals surface area contributed by atoms with Gasteiger partial charge in [-0.3, -0.25) is 0 Å². The molecule has 162 valence electrons. The molecule has 0 radical (unpaired) electrons. The lowest BCUT2D eigenvalue weighted by Crippen LogP contribution is -2.37. The summed E-state index contributed by atoms with van der Waals surface area (Å²) in [5.74, 6) is 1.42. The minimum absolute atomic E-state index is 0. The molecule has 0 spiro atoms. The van der Waals surface area contributed by atoms with Crippen molar-refractivity contribution in [3.63, 3.8) is 0 Å². The van der Waals surface area contributed by atoms with Crippen LogP contribution in [0.15, 0.2) is 34.6 Å². The molecule has 0 aliphatic heterocycles. The third kappa shape index (κ3) is 9.66. The molecule has 0 atom stereocenters. The van der Waals surface area contributed by atoms with Gasteiger partial charge in [0.1, 0.15) is 10.8 Å². The number of aliphatic imine (C=N–C) groups is 1. The number of aromatic nitrogens is 1. The van der Waals surface area contributed by atoms with E-state index >= 15 is 0 Å². The van der Waals surface area contributed by atoms with Gasteiger partial charge in [0.05, 0.1) is 13.2 Å². The number of guanidine groups is 1. The van der Waals surface area contributed by atoms with Crippen LogP contribution in [0.2, 0.25) is 0 Å². The van der Waals surface area contributed by atoms with Crippen molar-refractivity contribution in [2.45, 2.75) is 39.4 Å². The molecule has 0 fully saturated rings. The summed E-state index contributed by atoms with van der Waals surface area (Å²) in [6, 6.07) is 7.92. The van der Waals surface area contributed by atoms with Crippen LogP contribution in [0.25, 0.3) is 0 Å². The van der Waals surface area contributed by atoms with E-state index in [4.69, 9.17) is 4.74 Å². The quantitative estimate of drug-likeness (QED) is 0.203. The van der Waals surface area contributed by atoms with Gasteiger partial charge in [-0.15, -0.1) is 35.3 Å². The maximum absolute atomic E-state index is 12.6. The first-order chi connectivity index (χ1) is 13.4. The van der Waals surface area contributed by atoms with Crippen LogP contribution >= 0.6 is 35.3 Å². The third-order valence-electron chi connectivity index (χ3n) is 3.71. The van der Waals surface area contributed by atoms with Crippen LogP contribution in [0, 0.1) is 6.92 Å². The number of hydrogen-bond acceptors (Lipinski definition) is 4. The van der Waals surface area contributed by atoms with E-state index in [0.717, 1.165) is 35.3 Å². The van der Waals surface area contributed by atoms with E-state index in [1.165, 1.54) is 5.56 Å². The summed E-state index contributed by atoms with van der Waals surface area (Å²) in [5, 5.41) is 7.59. The van der Waals surface area contributed by atoms with Crippen molar-refractivity contribution in [2.75, 3.05) is 19.7 Å². The zero-order valence-corrected chi connectivity index (χ0v) is 19.5. The number of nitrogens with one attached hydrogen (secondary N) is 2. The van der Waals surface area contributed by atoms with Crippen molar-refractivity contribution in [1.29, 1.82) is 0 Å². The number of benzene rings is 1. The van der Waals surface area contributed by atoms with Crippen molar-refractivity contribution in [3.8, 4) is 5.75 Å². The number of thiazole rings is 1. The molecule has 0 amide bonds. The molecule has 0 bridgehead atoms. The molecule has 0 saturated heterocycles. The Morgan fingerprint density at radius 3 is 2.52 bits per heavy atom. The molecule has 2 rings (SSSR count). The molecule has 0 saturated carbocycles. The number of nitrogens with zero attached hydrogens (tertiary/aromatic N) is 2. The highest BCUT2D eigenvalue weighted by Crippen LogP contribution is 2.30. The van der Waals surface area contributed by atoms with E-state index in [0.29, 0.717) is 30.7 Å². The monoisotopic (exact) mass is 542 g/mol. The number of rotatable bonds is 9. The van der Waals surface area contributed by atoms with E-state index in [1.807, 2.05) is 38.1 Å². The van der Waals surface area contributed by atoms with Crippen LogP contribution in [0.4, 0.5) is 13.2 Å². The predicted molar refractivity (Wildman–Crippen MR) is 121 cm³/mol. The maximum atomic E-state index is 12.6. The molecule has 2 aromatic rings. The summed E-state index contributed by atoms with van der Waals surface area (Å²) in [6.45, 7) is 6.04. The Labute approximate surface area is 190 Å². The number of hydrogen-bond donors (Lipinski definition) is 2. The number of ether oxygens (including phenoxy) is 1. The molecule has 29 heavy (non-hydrogen) atoms. The van der Waals surface area contributed by atoms with Crippen molar-refractivity contribution >= 4 is 41.3 Å². The maximum Gasteiger partial charge on any atom is 0.434 e. The highest BCUT2D eigenvalue weighted by Gasteiger charge is 2.33. The lowest BCUT2D eigenvalue weighted by molar-refractivity contribution is -0.140. The van der Waals surface area contributed by atoms with Crippen molar-refractivity contribution < 1.29 is 17.9 Å². The molecule has 5 nitrogen and oxygen atoms in total. The topological polar surface area (TPSA) is 58.5 Å². The molecule has 1 heterocycles. The summed E-state index contributed by atoms with van der Waals surface area (Å²) < 4.78 is 43.4. The summed E-state index contributed by atoms with van der Waals surface area (Å²) in [6.07, 6.45) is -2.66. The first-order valence-corrected chi connectivity index (χ1v) is 9.99. The lowest BCUT2D eigenvalue weighted by Gasteiger charge is -2.11. The molecule has 0 unspecified atom stereocenters. The fraction of sp³-hybridized carbons (Fsp3) is 0.474. The van der Waals surface area contributed by atoms with Gasteiger partial charge in [0.15, 0.2) is 11.7 Å². The van der Waals surface area contributed by atoms with Crippen LogP contribution in [-0.4, -0.2) is 30.6 Å². The summed E-state index contributed by atoms with van der Waals surface area (Å²) in [4.78, 5) is 7.88. The van der Waals surface area contributed by atoms with E-state index in [-0.39, 0.29) is 30.5 Å². The average Bonchev–Trinajstić information content (AvgIpc) is 3.13. The van der Waals surface area contributed by atoms with Gasteiger partial charge < -0.3 is 15.4 Å². The third-order valence-corrected chi connectivity index (χ3v) is 4.55. The van der Waals surface area contributed by atoms with Crippen LogP contribution < -0.4 is 15.4 Å². The van der Waals surface area contributed by atoms with E-state index in [9.17, 15) is 13.2 Å². The molecular weight excluding hydrogens is 516 g/mol. The minimum Gasteiger partial charge on any atom is -0.494 e. The first-order valence-electron chi connectivity index (χ1n) is 9.11. The van der Waals surface area contributed by atoms with Gasteiger partial charge in [-0.2, -0.15) is 13.2 Å². The van der Waals surface area contributed by atoms with Gasteiger partial charge in [-0.05, 0) is 38.8 Å². The smallest absolute Gasteiger partial charge is 0.434 e. The zero-order valence-electron chi connectivity index (χ0n) is 16.4. The fourth-order valence-electron chi connectivity index (χ4n) is 2.26. The Morgan fingerprint density at radius 2 is 1.90 bits per heavy atom. The molecule has 1 aromatic carbocycles. The highest BCUT2D eigenvalue weighted by atomic mass is 127. The van der Waals surface area contributed by atoms with Gasteiger partial charge in [0.2, 0.25) is 0 Å². The molecule has 2 N–H and O–H groups in total. The Bertz CT molecular complexity index is 751. The van der Waals surface area contributed by atoms with Crippen LogP contribution in [0.5, 0.6) is 5.75 Å². The highest BCUT2D eigenvalue weighted by molar-refractivity contribution is 14.0. The second-order valence-corrected chi connectivity index (χ2v) is 7.06. The second-order valence-electron chi connectivity index (χ2n) is 6.11. The largest absolute Gasteiger partial charge is 0.494 e. The molecular formula is C19H26F3IN4OS. The normalized spacial score (nSPS) is 11.7.